The summed E-state index contributed by atoms with van der Waals surface area (Å²) in [5, 5.41) is 5.28. The van der Waals surface area contributed by atoms with Gasteiger partial charge in [0.2, 0.25) is 0 Å². The normalized spacial score (nSPS) is 13.5. The van der Waals surface area contributed by atoms with Gasteiger partial charge in [-0.3, -0.25) is 9.78 Å². The number of carbonyl (C=O) groups is 2. The molecule has 3 aromatic rings. The van der Waals surface area contributed by atoms with Crippen LogP contribution in [-0.4, -0.2) is 60.4 Å². The van der Waals surface area contributed by atoms with Crippen molar-refractivity contribution in [2.45, 2.75) is 39.5 Å². The van der Waals surface area contributed by atoms with Crippen LogP contribution >= 0.6 is 0 Å². The van der Waals surface area contributed by atoms with E-state index in [-0.39, 0.29) is 12.1 Å². The molecule has 0 spiro atoms. The highest BCUT2D eigenvalue weighted by Crippen LogP contribution is 2.31. The van der Waals surface area contributed by atoms with Crippen LogP contribution in [-0.2, 0) is 15.7 Å². The average molecular weight is 596 g/mol. The number of aromatic nitrogens is 2. The number of aryl methyl sites for hydroxylation is 1. The number of benzene rings is 1. The van der Waals surface area contributed by atoms with Crippen molar-refractivity contribution in [1.29, 1.82) is 0 Å². The highest BCUT2D eigenvalue weighted by Gasteiger charge is 2.33. The summed E-state index contributed by atoms with van der Waals surface area (Å²) in [7, 11) is 0. The van der Waals surface area contributed by atoms with Gasteiger partial charge in [0.15, 0.2) is 0 Å². The van der Waals surface area contributed by atoms with Gasteiger partial charge in [0.1, 0.15) is 22.8 Å². The van der Waals surface area contributed by atoms with Gasteiger partial charge < -0.3 is 25.0 Å². The van der Waals surface area contributed by atoms with E-state index in [4.69, 9.17) is 14.5 Å². The molecule has 2 N–H and O–H groups in total. The van der Waals surface area contributed by atoms with E-state index in [1.165, 1.54) is 6.07 Å². The molecule has 2 amide bonds. The van der Waals surface area contributed by atoms with Crippen molar-refractivity contribution in [2.75, 3.05) is 43.1 Å². The fourth-order valence-corrected chi connectivity index (χ4v) is 4.20. The quantitative estimate of drug-likeness (QED) is 0.379. The summed E-state index contributed by atoms with van der Waals surface area (Å²) in [6, 6.07) is 10.9. The lowest BCUT2D eigenvalue weighted by Crippen LogP contribution is -2.36. The zero-order chi connectivity index (χ0) is 31.2. The molecule has 0 unspecified atom stereocenters. The molecule has 0 bridgehead atoms. The van der Waals surface area contributed by atoms with Crippen molar-refractivity contribution in [1.82, 2.24) is 15.3 Å². The molecule has 0 saturated carbocycles. The fourth-order valence-electron chi connectivity index (χ4n) is 4.20. The second-order valence-electron chi connectivity index (χ2n) is 10.8. The molecule has 9 nitrogen and oxygen atoms in total. The Balaban J connectivity index is 1.61. The molecule has 0 atom stereocenters. The van der Waals surface area contributed by atoms with Crippen LogP contribution in [0.3, 0.4) is 0 Å². The van der Waals surface area contributed by atoms with Crippen molar-refractivity contribution in [3.8, 4) is 23.0 Å². The van der Waals surface area contributed by atoms with Crippen LogP contribution in [0, 0.1) is 18.8 Å². The first kappa shape index (κ1) is 31.3. The SMILES string of the molecule is Cc1ccc(NC(=O)c2ccnc(C(F)(F)F)c2)cc1-c1cc(C#CCNC(=O)OC(C)(C)C)nc(N2CCOCC2)c1. The molecule has 1 aliphatic rings. The molecule has 1 aliphatic heterocycles. The summed E-state index contributed by atoms with van der Waals surface area (Å²) in [6.07, 6.45) is -4.29. The van der Waals surface area contributed by atoms with Crippen molar-refractivity contribution >= 4 is 23.5 Å². The standard InChI is InChI=1S/C31H32F3N5O4/c1-20-7-8-24(38-28(40)21-9-11-35-26(17-21)31(32,33)34)19-25(20)22-16-23(6-5-10-36-29(41)43-30(2,3)4)37-27(18-22)39-12-14-42-15-13-39/h7-9,11,16-19H,10,12-15H2,1-4H3,(H,36,41)(H,38,40). The van der Waals surface area contributed by atoms with Gasteiger partial charge in [0.05, 0.1) is 19.8 Å². The van der Waals surface area contributed by atoms with E-state index in [9.17, 15) is 22.8 Å². The van der Waals surface area contributed by atoms with E-state index in [1.807, 2.05) is 19.1 Å². The first-order chi connectivity index (χ1) is 20.3. The highest BCUT2D eigenvalue weighted by molar-refractivity contribution is 6.04. The van der Waals surface area contributed by atoms with Gasteiger partial charge in [0, 0.05) is 30.5 Å². The number of hydrogen-bond acceptors (Lipinski definition) is 7. The lowest BCUT2D eigenvalue weighted by atomic mass is 9.99. The van der Waals surface area contributed by atoms with Crippen LogP contribution in [0.25, 0.3) is 11.1 Å². The van der Waals surface area contributed by atoms with Crippen LogP contribution < -0.4 is 15.5 Å². The summed E-state index contributed by atoms with van der Waals surface area (Å²) >= 11 is 0. The molecule has 1 aromatic carbocycles. The molecule has 3 heterocycles. The minimum Gasteiger partial charge on any atom is -0.444 e. The minimum absolute atomic E-state index is 0.0549. The van der Waals surface area contributed by atoms with Crippen LogP contribution in [0.1, 0.15) is 48.1 Å². The number of morpholine rings is 1. The fraction of sp³-hybridized carbons (Fsp3) is 0.355. The molecule has 43 heavy (non-hydrogen) atoms. The summed E-state index contributed by atoms with van der Waals surface area (Å²) in [6.45, 7) is 9.67. The number of alkyl halides is 3. The lowest BCUT2D eigenvalue weighted by molar-refractivity contribution is -0.141. The monoisotopic (exact) mass is 595 g/mol. The summed E-state index contributed by atoms with van der Waals surface area (Å²) in [5.74, 6) is 5.90. The first-order valence-corrected chi connectivity index (χ1v) is 13.5. The number of rotatable bonds is 5. The Labute approximate surface area is 247 Å². The van der Waals surface area contributed by atoms with Gasteiger partial charge in [-0.05, 0) is 86.7 Å². The number of amides is 2. The average Bonchev–Trinajstić information content (AvgIpc) is 2.95. The maximum absolute atomic E-state index is 13.1. The number of halogens is 3. The van der Waals surface area contributed by atoms with Gasteiger partial charge in [-0.1, -0.05) is 12.0 Å². The van der Waals surface area contributed by atoms with E-state index in [0.29, 0.717) is 49.6 Å². The lowest BCUT2D eigenvalue weighted by Gasteiger charge is -2.28. The van der Waals surface area contributed by atoms with E-state index >= 15 is 0 Å². The number of nitrogens with one attached hydrogen (secondary N) is 2. The zero-order valence-electron chi connectivity index (χ0n) is 24.3. The molecule has 226 valence electrons. The topological polar surface area (TPSA) is 106 Å². The number of ether oxygens (including phenoxy) is 2. The van der Waals surface area contributed by atoms with Gasteiger partial charge in [-0.25, -0.2) is 9.78 Å². The summed E-state index contributed by atoms with van der Waals surface area (Å²) in [4.78, 5) is 34.9. The third-order valence-corrected chi connectivity index (χ3v) is 6.20. The first-order valence-electron chi connectivity index (χ1n) is 13.5. The third-order valence-electron chi connectivity index (χ3n) is 6.20. The Morgan fingerprint density at radius 2 is 1.81 bits per heavy atom. The molecule has 0 radical (unpaired) electrons. The number of anilines is 2. The summed E-state index contributed by atoms with van der Waals surface area (Å²) < 4.78 is 50.0. The molecule has 1 saturated heterocycles. The Morgan fingerprint density at radius 3 is 2.51 bits per heavy atom. The third kappa shape index (κ3) is 8.93. The Hall–Kier alpha value is -4.63. The van der Waals surface area contributed by atoms with Crippen molar-refractivity contribution in [2.24, 2.45) is 0 Å². The maximum atomic E-state index is 13.1. The van der Waals surface area contributed by atoms with E-state index in [1.54, 1.807) is 39.0 Å². The Kier molecular flexibility index (Phi) is 9.56. The van der Waals surface area contributed by atoms with Gasteiger partial charge >= 0.3 is 12.3 Å². The number of alkyl carbamates (subject to hydrolysis) is 1. The number of carbonyl (C=O) groups excluding carboxylic acids is 2. The molecule has 0 aliphatic carbocycles. The Morgan fingerprint density at radius 1 is 1.07 bits per heavy atom. The Bertz CT molecular complexity index is 1550. The predicted molar refractivity (Wildman–Crippen MR) is 156 cm³/mol. The molecular formula is C31H32F3N5O4. The maximum Gasteiger partial charge on any atom is 0.433 e. The summed E-state index contributed by atoms with van der Waals surface area (Å²) in [5.41, 5.74) is 1.37. The van der Waals surface area contributed by atoms with Crippen LogP contribution in [0.15, 0.2) is 48.7 Å². The highest BCUT2D eigenvalue weighted by atomic mass is 19.4. The number of hydrogen-bond donors (Lipinski definition) is 2. The molecule has 2 aromatic heterocycles. The second kappa shape index (κ2) is 13.1. The molecule has 4 rings (SSSR count). The van der Waals surface area contributed by atoms with Gasteiger partial charge in [0.25, 0.3) is 5.91 Å². The van der Waals surface area contributed by atoms with Crippen LogP contribution in [0.5, 0.6) is 0 Å². The van der Waals surface area contributed by atoms with Crippen LogP contribution in [0.4, 0.5) is 29.5 Å². The molecule has 12 heteroatoms. The largest absolute Gasteiger partial charge is 0.444 e. The predicted octanol–water partition coefficient (Wildman–Crippen LogP) is 5.44. The van der Waals surface area contributed by atoms with Gasteiger partial charge in [-0.2, -0.15) is 13.2 Å². The molecule has 1 fully saturated rings. The van der Waals surface area contributed by atoms with Crippen molar-refractivity contribution in [3.05, 3.63) is 71.2 Å². The smallest absolute Gasteiger partial charge is 0.433 e. The second-order valence-corrected chi connectivity index (χ2v) is 10.8. The van der Waals surface area contributed by atoms with Gasteiger partial charge in [-0.15, -0.1) is 0 Å². The van der Waals surface area contributed by atoms with E-state index < -0.39 is 29.5 Å². The zero-order valence-corrected chi connectivity index (χ0v) is 24.3. The number of pyridine rings is 2. The van der Waals surface area contributed by atoms with Crippen LogP contribution in [0.2, 0.25) is 0 Å². The minimum atomic E-state index is -4.67. The molecular weight excluding hydrogens is 563 g/mol. The van der Waals surface area contributed by atoms with Crippen molar-refractivity contribution < 1.29 is 32.2 Å². The van der Waals surface area contributed by atoms with E-state index in [2.05, 4.69) is 32.4 Å². The van der Waals surface area contributed by atoms with Crippen molar-refractivity contribution in [3.63, 3.8) is 0 Å². The number of nitrogens with zero attached hydrogens (tertiary/aromatic N) is 3. The van der Waals surface area contributed by atoms with E-state index in [0.717, 1.165) is 22.9 Å².